The van der Waals surface area contributed by atoms with Crippen LogP contribution in [0.2, 0.25) is 0 Å². The molecule has 2 heterocycles. The molecule has 0 aliphatic heterocycles. The summed E-state index contributed by atoms with van der Waals surface area (Å²) in [4.78, 5) is 31.0. The molecule has 4 aromatic rings. The number of fused-ring (bicyclic) bond motifs is 1. The normalized spacial score (nSPS) is 11.0. The number of hydrogen-bond donors (Lipinski definition) is 1. The average Bonchev–Trinajstić information content (AvgIpc) is 3.15. The van der Waals surface area contributed by atoms with Gasteiger partial charge in [0.2, 0.25) is 5.91 Å². The Bertz CT molecular complexity index is 1350. The third kappa shape index (κ3) is 4.09. The Morgan fingerprint density at radius 2 is 1.84 bits per heavy atom. The minimum Gasteiger partial charge on any atom is -0.495 e. The summed E-state index contributed by atoms with van der Waals surface area (Å²) in [5, 5.41) is 5.33. The van der Waals surface area contributed by atoms with E-state index in [1.807, 2.05) is 50.4 Å². The molecule has 0 spiro atoms. The van der Waals surface area contributed by atoms with Crippen LogP contribution in [0.5, 0.6) is 5.75 Å². The second kappa shape index (κ2) is 8.35. The number of hydrogen-bond acceptors (Lipinski definition) is 5. The van der Waals surface area contributed by atoms with E-state index < -0.39 is 0 Å². The number of thiophene rings is 1. The summed E-state index contributed by atoms with van der Waals surface area (Å²) < 4.78 is 6.66. The molecule has 0 saturated heterocycles. The van der Waals surface area contributed by atoms with Gasteiger partial charge in [-0.3, -0.25) is 14.2 Å². The van der Waals surface area contributed by atoms with Gasteiger partial charge in [-0.15, -0.1) is 11.3 Å². The lowest BCUT2D eigenvalue weighted by Crippen LogP contribution is -2.28. The molecule has 31 heavy (non-hydrogen) atoms. The molecule has 0 aliphatic carbocycles. The number of carbonyl (C=O) groups is 1. The molecule has 7 heteroatoms. The van der Waals surface area contributed by atoms with E-state index in [9.17, 15) is 9.59 Å². The third-order valence-corrected chi connectivity index (χ3v) is 6.06. The summed E-state index contributed by atoms with van der Waals surface area (Å²) in [5.74, 6) is 0.241. The standard InChI is InChI=1S/C24H23N3O3S/c1-14-5-7-17(16(3)9-14)18-12-31-23-22(18)24(29)27(13-25-23)11-21(28)26-19-10-15(2)6-8-20(19)30-4/h5-10,12-13H,11H2,1-4H3,(H,26,28). The quantitative estimate of drug-likeness (QED) is 0.495. The minimum absolute atomic E-state index is 0.138. The monoisotopic (exact) mass is 433 g/mol. The number of nitrogens with zero attached hydrogens (tertiary/aromatic N) is 2. The fourth-order valence-electron chi connectivity index (χ4n) is 3.66. The Hall–Kier alpha value is -3.45. The fraction of sp³-hybridized carbons (Fsp3) is 0.208. The number of rotatable bonds is 5. The van der Waals surface area contributed by atoms with Gasteiger partial charge in [0.05, 0.1) is 24.5 Å². The van der Waals surface area contributed by atoms with Crippen LogP contribution in [0.3, 0.4) is 0 Å². The van der Waals surface area contributed by atoms with E-state index in [1.54, 1.807) is 13.2 Å². The maximum atomic E-state index is 13.3. The summed E-state index contributed by atoms with van der Waals surface area (Å²) in [5.41, 5.74) is 5.45. The van der Waals surface area contributed by atoms with Gasteiger partial charge >= 0.3 is 0 Å². The average molecular weight is 434 g/mol. The summed E-state index contributed by atoms with van der Waals surface area (Å²) in [6, 6.07) is 11.7. The molecule has 0 saturated carbocycles. The summed E-state index contributed by atoms with van der Waals surface area (Å²) >= 11 is 1.43. The van der Waals surface area contributed by atoms with Crippen LogP contribution in [0.4, 0.5) is 5.69 Å². The molecule has 0 fully saturated rings. The first-order valence-electron chi connectivity index (χ1n) is 9.86. The number of benzene rings is 2. The Labute approximate surface area is 184 Å². The number of nitrogens with one attached hydrogen (secondary N) is 1. The van der Waals surface area contributed by atoms with Crippen LogP contribution in [0.25, 0.3) is 21.3 Å². The van der Waals surface area contributed by atoms with E-state index in [-0.39, 0.29) is 18.0 Å². The van der Waals surface area contributed by atoms with Gasteiger partial charge in [-0.05, 0) is 49.6 Å². The van der Waals surface area contributed by atoms with Crippen molar-refractivity contribution in [2.45, 2.75) is 27.3 Å². The van der Waals surface area contributed by atoms with Crippen molar-refractivity contribution >= 4 is 33.1 Å². The molecule has 1 N–H and O–H groups in total. The molecule has 0 unspecified atom stereocenters. The predicted octanol–water partition coefficient (Wildman–Crippen LogP) is 4.70. The SMILES string of the molecule is COc1ccc(C)cc1NC(=O)Cn1cnc2scc(-c3ccc(C)cc3C)c2c1=O. The summed E-state index contributed by atoms with van der Waals surface area (Å²) in [6.45, 7) is 5.87. The van der Waals surface area contributed by atoms with Gasteiger partial charge < -0.3 is 10.1 Å². The number of aryl methyl sites for hydroxylation is 3. The minimum atomic E-state index is -0.324. The lowest BCUT2D eigenvalue weighted by atomic mass is 9.99. The lowest BCUT2D eigenvalue weighted by molar-refractivity contribution is -0.116. The van der Waals surface area contributed by atoms with Crippen LogP contribution in [0.15, 0.2) is 52.9 Å². The van der Waals surface area contributed by atoms with Gasteiger partial charge in [-0.25, -0.2) is 4.98 Å². The molecular weight excluding hydrogens is 410 g/mol. The van der Waals surface area contributed by atoms with E-state index in [0.717, 1.165) is 22.3 Å². The molecule has 2 aromatic carbocycles. The number of aromatic nitrogens is 2. The number of amides is 1. The zero-order valence-electron chi connectivity index (χ0n) is 17.9. The Balaban J connectivity index is 1.68. The molecule has 4 rings (SSSR count). The molecule has 0 atom stereocenters. The zero-order chi connectivity index (χ0) is 22.1. The van der Waals surface area contributed by atoms with Crippen molar-refractivity contribution in [2.24, 2.45) is 0 Å². The number of ether oxygens (including phenoxy) is 1. The van der Waals surface area contributed by atoms with Gasteiger partial charge in [0.25, 0.3) is 5.56 Å². The van der Waals surface area contributed by atoms with Gasteiger partial charge in [0.15, 0.2) is 0 Å². The molecule has 0 radical (unpaired) electrons. The second-order valence-corrected chi connectivity index (χ2v) is 8.44. The highest BCUT2D eigenvalue weighted by atomic mass is 32.1. The first kappa shape index (κ1) is 20.8. The fourth-order valence-corrected chi connectivity index (χ4v) is 4.56. The van der Waals surface area contributed by atoms with Crippen molar-refractivity contribution in [3.63, 3.8) is 0 Å². The smallest absolute Gasteiger partial charge is 0.263 e. The van der Waals surface area contributed by atoms with Crippen LogP contribution >= 0.6 is 11.3 Å². The number of carbonyl (C=O) groups excluding carboxylic acids is 1. The van der Waals surface area contributed by atoms with E-state index in [1.165, 1.54) is 27.8 Å². The third-order valence-electron chi connectivity index (χ3n) is 5.18. The van der Waals surface area contributed by atoms with Crippen molar-refractivity contribution in [1.82, 2.24) is 9.55 Å². The van der Waals surface area contributed by atoms with Crippen molar-refractivity contribution in [3.05, 3.63) is 75.1 Å². The van der Waals surface area contributed by atoms with Gasteiger partial charge in [-0.2, -0.15) is 0 Å². The van der Waals surface area contributed by atoms with Crippen LogP contribution in [-0.4, -0.2) is 22.6 Å². The topological polar surface area (TPSA) is 73.2 Å². The van der Waals surface area contributed by atoms with E-state index >= 15 is 0 Å². The highest BCUT2D eigenvalue weighted by Crippen LogP contribution is 2.33. The maximum absolute atomic E-state index is 13.3. The zero-order valence-corrected chi connectivity index (χ0v) is 18.7. The predicted molar refractivity (Wildman–Crippen MR) is 125 cm³/mol. The largest absolute Gasteiger partial charge is 0.495 e. The first-order valence-corrected chi connectivity index (χ1v) is 10.7. The summed E-state index contributed by atoms with van der Waals surface area (Å²) in [7, 11) is 1.55. The molecule has 158 valence electrons. The van der Waals surface area contributed by atoms with Crippen molar-refractivity contribution in [2.75, 3.05) is 12.4 Å². The Morgan fingerprint density at radius 3 is 2.58 bits per heavy atom. The molecular formula is C24H23N3O3S. The van der Waals surface area contributed by atoms with Crippen molar-refractivity contribution in [3.8, 4) is 16.9 Å². The molecule has 2 aromatic heterocycles. The summed E-state index contributed by atoms with van der Waals surface area (Å²) in [6.07, 6.45) is 1.43. The first-order chi connectivity index (χ1) is 14.9. The molecule has 1 amide bonds. The Kier molecular flexibility index (Phi) is 5.61. The van der Waals surface area contributed by atoms with Crippen molar-refractivity contribution < 1.29 is 9.53 Å². The molecule has 6 nitrogen and oxygen atoms in total. The number of anilines is 1. The second-order valence-electron chi connectivity index (χ2n) is 7.58. The van der Waals surface area contributed by atoms with Crippen molar-refractivity contribution in [1.29, 1.82) is 0 Å². The molecule has 0 aliphatic rings. The van der Waals surface area contributed by atoms with Gasteiger partial charge in [0, 0.05) is 10.9 Å². The van der Waals surface area contributed by atoms with Crippen LogP contribution < -0.4 is 15.6 Å². The van der Waals surface area contributed by atoms with Crippen LogP contribution in [0.1, 0.15) is 16.7 Å². The highest BCUT2D eigenvalue weighted by molar-refractivity contribution is 7.17. The van der Waals surface area contributed by atoms with Crippen LogP contribution in [-0.2, 0) is 11.3 Å². The van der Waals surface area contributed by atoms with E-state index in [2.05, 4.69) is 16.4 Å². The van der Waals surface area contributed by atoms with E-state index in [4.69, 9.17) is 4.74 Å². The van der Waals surface area contributed by atoms with Gasteiger partial charge in [0.1, 0.15) is 17.1 Å². The van der Waals surface area contributed by atoms with Gasteiger partial charge in [-0.1, -0.05) is 29.8 Å². The Morgan fingerprint density at radius 1 is 1.10 bits per heavy atom. The van der Waals surface area contributed by atoms with E-state index in [0.29, 0.717) is 21.7 Å². The maximum Gasteiger partial charge on any atom is 0.263 e. The number of methoxy groups -OCH3 is 1. The molecule has 0 bridgehead atoms. The lowest BCUT2D eigenvalue weighted by Gasteiger charge is -2.12. The highest BCUT2D eigenvalue weighted by Gasteiger charge is 2.16. The van der Waals surface area contributed by atoms with Crippen LogP contribution in [0, 0.1) is 20.8 Å².